The summed E-state index contributed by atoms with van der Waals surface area (Å²) in [6.07, 6.45) is 9.19. The summed E-state index contributed by atoms with van der Waals surface area (Å²) in [6.45, 7) is 2.93. The fourth-order valence-electron chi connectivity index (χ4n) is 1.33. The summed E-state index contributed by atoms with van der Waals surface area (Å²) >= 11 is 0. The van der Waals surface area contributed by atoms with Gasteiger partial charge in [-0.15, -0.1) is 6.58 Å². The van der Waals surface area contributed by atoms with E-state index in [1.54, 1.807) is 0 Å². The Balaban J connectivity index is 0. The third-order valence-corrected chi connectivity index (χ3v) is 2.47. The van der Waals surface area contributed by atoms with E-state index in [1.807, 2.05) is 6.08 Å². The van der Waals surface area contributed by atoms with Gasteiger partial charge >= 0.3 is 5.97 Å². The number of carbonyl (C=O) groups is 1. The minimum absolute atomic E-state index is 0.326. The van der Waals surface area contributed by atoms with Crippen LogP contribution in [0, 0.1) is 0 Å². The monoisotopic (exact) mass is 276 g/mol. The van der Waals surface area contributed by atoms with Gasteiger partial charge in [-0.2, -0.15) is 0 Å². The molecule has 0 aromatic heterocycles. The van der Waals surface area contributed by atoms with Gasteiger partial charge in [0.15, 0.2) is 0 Å². The maximum atomic E-state index is 10.2. The van der Waals surface area contributed by atoms with Gasteiger partial charge in [-0.25, -0.2) is 0 Å². The number of aliphatic hydroxyl groups excluding tert-OH is 3. The molecule has 0 radical (unpaired) electrons. The van der Waals surface area contributed by atoms with E-state index >= 15 is 0 Å². The molecule has 0 aliphatic rings. The van der Waals surface area contributed by atoms with Crippen LogP contribution in [-0.4, -0.2) is 45.7 Å². The van der Waals surface area contributed by atoms with E-state index in [1.165, 1.54) is 25.7 Å². The number of carboxylic acids is 1. The second kappa shape index (κ2) is 17.1. The molecule has 0 heterocycles. The second-order valence-corrected chi connectivity index (χ2v) is 4.36. The number of carboxylic acid groups (broad SMARTS) is 1. The van der Waals surface area contributed by atoms with Crippen LogP contribution in [0.1, 0.15) is 51.4 Å². The van der Waals surface area contributed by atoms with Gasteiger partial charge in [-0.1, -0.05) is 31.8 Å². The number of hydrogen-bond donors (Lipinski definition) is 4. The lowest BCUT2D eigenvalue weighted by Gasteiger charge is -1.98. The molecule has 0 aliphatic heterocycles. The van der Waals surface area contributed by atoms with E-state index < -0.39 is 12.1 Å². The number of allylic oxidation sites excluding steroid dienone is 1. The van der Waals surface area contributed by atoms with Crippen LogP contribution in [0.5, 0.6) is 0 Å². The third-order valence-electron chi connectivity index (χ3n) is 2.47. The van der Waals surface area contributed by atoms with Crippen LogP contribution in [0.4, 0.5) is 0 Å². The summed E-state index contributed by atoms with van der Waals surface area (Å²) < 4.78 is 0. The quantitative estimate of drug-likeness (QED) is 0.340. The molecule has 0 atom stereocenters. The molecule has 19 heavy (non-hydrogen) atoms. The molecule has 0 aromatic rings. The highest BCUT2D eigenvalue weighted by Crippen LogP contribution is 2.08. The van der Waals surface area contributed by atoms with E-state index in [2.05, 4.69) is 6.58 Å². The van der Waals surface area contributed by atoms with Crippen molar-refractivity contribution in [1.29, 1.82) is 0 Å². The molecule has 5 nitrogen and oxygen atoms in total. The molecule has 0 bridgehead atoms. The Bertz CT molecular complexity index is 202. The Morgan fingerprint density at radius 1 is 1.00 bits per heavy atom. The number of aliphatic carboxylic acids is 1. The molecule has 0 fully saturated rings. The lowest BCUT2D eigenvalue weighted by molar-refractivity contribution is -0.137. The number of rotatable bonds is 11. The van der Waals surface area contributed by atoms with Crippen LogP contribution in [0.15, 0.2) is 12.7 Å². The lowest BCUT2D eigenvalue weighted by atomic mass is 10.1. The average molecular weight is 276 g/mol. The van der Waals surface area contributed by atoms with Crippen molar-refractivity contribution in [1.82, 2.24) is 0 Å². The van der Waals surface area contributed by atoms with Crippen LogP contribution < -0.4 is 0 Å². The Labute approximate surface area is 115 Å². The molecule has 0 saturated heterocycles. The number of aliphatic hydroxyl groups is 3. The van der Waals surface area contributed by atoms with Crippen molar-refractivity contribution < 1.29 is 25.2 Å². The predicted octanol–water partition coefficient (Wildman–Crippen LogP) is 1.71. The molecular formula is C14H28O5. The first-order valence-corrected chi connectivity index (χ1v) is 6.80. The molecule has 0 unspecified atom stereocenters. The van der Waals surface area contributed by atoms with Gasteiger partial charge < -0.3 is 20.4 Å². The molecule has 0 saturated carbocycles. The first-order valence-electron chi connectivity index (χ1n) is 6.80. The molecular weight excluding hydrogens is 248 g/mol. The van der Waals surface area contributed by atoms with Crippen molar-refractivity contribution in [2.45, 2.75) is 57.5 Å². The zero-order valence-corrected chi connectivity index (χ0v) is 11.6. The molecule has 0 spiro atoms. The summed E-state index contributed by atoms with van der Waals surface area (Å²) in [7, 11) is 0. The van der Waals surface area contributed by atoms with Crippen molar-refractivity contribution in [2.24, 2.45) is 0 Å². The number of hydrogen-bond acceptors (Lipinski definition) is 4. The van der Waals surface area contributed by atoms with E-state index in [-0.39, 0.29) is 13.2 Å². The van der Waals surface area contributed by atoms with Crippen LogP contribution in [0.3, 0.4) is 0 Å². The normalized spacial score (nSPS) is 9.89. The molecule has 5 heteroatoms. The molecule has 4 N–H and O–H groups in total. The van der Waals surface area contributed by atoms with Gasteiger partial charge in [-0.05, 0) is 19.3 Å². The Morgan fingerprint density at radius 2 is 1.47 bits per heavy atom. The summed E-state index contributed by atoms with van der Waals surface area (Å²) in [6, 6.07) is 0. The predicted molar refractivity (Wildman–Crippen MR) is 74.9 cm³/mol. The maximum Gasteiger partial charge on any atom is 0.303 e. The van der Waals surface area contributed by atoms with Crippen molar-refractivity contribution in [2.75, 3.05) is 13.2 Å². The fraction of sp³-hybridized carbons (Fsp3) is 0.786. The first-order chi connectivity index (χ1) is 9.08. The minimum atomic E-state index is -0.954. The Hall–Kier alpha value is -0.910. The smallest absolute Gasteiger partial charge is 0.303 e. The van der Waals surface area contributed by atoms with E-state index in [0.717, 1.165) is 19.3 Å². The summed E-state index contributed by atoms with van der Waals surface area (Å²) in [4.78, 5) is 10.2. The maximum absolute atomic E-state index is 10.2. The van der Waals surface area contributed by atoms with E-state index in [0.29, 0.717) is 6.42 Å². The topological polar surface area (TPSA) is 98.0 Å². The Kier molecular flexibility index (Phi) is 18.4. The fourth-order valence-corrected chi connectivity index (χ4v) is 1.33. The van der Waals surface area contributed by atoms with Crippen LogP contribution >= 0.6 is 0 Å². The number of unbranched alkanes of at least 4 members (excludes halogenated alkanes) is 6. The van der Waals surface area contributed by atoms with Gasteiger partial charge in [0, 0.05) is 6.42 Å². The van der Waals surface area contributed by atoms with Gasteiger partial charge in [0.1, 0.15) is 6.10 Å². The van der Waals surface area contributed by atoms with E-state index in [4.69, 9.17) is 20.4 Å². The summed E-state index contributed by atoms with van der Waals surface area (Å²) in [5.41, 5.74) is 0. The summed E-state index contributed by atoms with van der Waals surface area (Å²) in [5.74, 6) is -0.674. The van der Waals surface area contributed by atoms with Crippen LogP contribution in [0.25, 0.3) is 0 Å². The van der Waals surface area contributed by atoms with Crippen molar-refractivity contribution in [3.05, 3.63) is 12.7 Å². The summed E-state index contributed by atoms with van der Waals surface area (Å²) in [5, 5.41) is 32.4. The van der Waals surface area contributed by atoms with Crippen molar-refractivity contribution in [3.8, 4) is 0 Å². The van der Waals surface area contributed by atoms with Gasteiger partial charge in [0.25, 0.3) is 0 Å². The third kappa shape index (κ3) is 22.7. The first kappa shape index (κ1) is 20.4. The van der Waals surface area contributed by atoms with Crippen LogP contribution in [-0.2, 0) is 4.79 Å². The van der Waals surface area contributed by atoms with Crippen LogP contribution in [0.2, 0.25) is 0 Å². The zero-order chi connectivity index (χ0) is 14.9. The average Bonchev–Trinajstić information content (AvgIpc) is 2.41. The highest BCUT2D eigenvalue weighted by molar-refractivity contribution is 5.66. The van der Waals surface area contributed by atoms with Crippen molar-refractivity contribution >= 4 is 5.97 Å². The molecule has 0 aliphatic carbocycles. The zero-order valence-electron chi connectivity index (χ0n) is 11.6. The Morgan fingerprint density at radius 3 is 1.84 bits per heavy atom. The minimum Gasteiger partial charge on any atom is -0.481 e. The highest BCUT2D eigenvalue weighted by Gasteiger charge is 1.96. The van der Waals surface area contributed by atoms with Gasteiger partial charge in [0.2, 0.25) is 0 Å². The van der Waals surface area contributed by atoms with Gasteiger partial charge in [-0.3, -0.25) is 4.79 Å². The molecule has 0 amide bonds. The molecule has 114 valence electrons. The van der Waals surface area contributed by atoms with Gasteiger partial charge in [0.05, 0.1) is 13.2 Å². The standard InChI is InChI=1S/C11H20O2.C3H8O3/c1-2-3-4-5-6-7-8-9-10-11(12)13;4-1-3(6)2-5/h2H,1,3-10H2,(H,12,13);3-6H,1-2H2. The lowest BCUT2D eigenvalue weighted by Crippen LogP contribution is -2.15. The molecule has 0 aromatic carbocycles. The second-order valence-electron chi connectivity index (χ2n) is 4.36. The highest BCUT2D eigenvalue weighted by atomic mass is 16.4. The molecule has 0 rings (SSSR count). The van der Waals surface area contributed by atoms with Crippen molar-refractivity contribution in [3.63, 3.8) is 0 Å². The SMILES string of the molecule is C=CCCCCCCCCC(=O)O.OCC(O)CO. The van der Waals surface area contributed by atoms with E-state index in [9.17, 15) is 4.79 Å². The largest absolute Gasteiger partial charge is 0.481 e.